The molecule has 2 aromatic rings. The lowest BCUT2D eigenvalue weighted by atomic mass is 10.1. The Balaban J connectivity index is 1.98. The summed E-state index contributed by atoms with van der Waals surface area (Å²) in [4.78, 5) is 0. The number of ether oxygens (including phenoxy) is 1. The van der Waals surface area contributed by atoms with E-state index in [-0.39, 0.29) is 6.04 Å². The highest BCUT2D eigenvalue weighted by atomic mass is 16.5. The zero-order valence-corrected chi connectivity index (χ0v) is 12.5. The number of aryl methyl sites for hydroxylation is 1. The highest BCUT2D eigenvalue weighted by Gasteiger charge is 2.09. The molecule has 0 aliphatic carbocycles. The first-order chi connectivity index (χ1) is 9.74. The van der Waals surface area contributed by atoms with Gasteiger partial charge in [0.2, 0.25) is 0 Å². The maximum absolute atomic E-state index is 5.41. The van der Waals surface area contributed by atoms with Gasteiger partial charge in [-0.3, -0.25) is 0 Å². The number of methoxy groups -OCH3 is 1. The van der Waals surface area contributed by atoms with Crippen molar-refractivity contribution in [2.45, 2.75) is 32.9 Å². The standard InChI is InChI=1S/C18H23NO/c1-4-15-9-11-16(12-10-15)13-19-14(2)17-7-5-6-8-18(17)20-3/h5-12,14,19H,4,13H2,1-3H3/t14-/m1/s1. The highest BCUT2D eigenvalue weighted by molar-refractivity contribution is 5.35. The van der Waals surface area contributed by atoms with E-state index in [1.165, 1.54) is 16.7 Å². The number of para-hydroxylation sites is 1. The predicted molar refractivity (Wildman–Crippen MR) is 84.1 cm³/mol. The Morgan fingerprint density at radius 3 is 2.30 bits per heavy atom. The summed E-state index contributed by atoms with van der Waals surface area (Å²) in [5.41, 5.74) is 3.88. The molecule has 2 nitrogen and oxygen atoms in total. The fourth-order valence-corrected chi connectivity index (χ4v) is 2.30. The van der Waals surface area contributed by atoms with Crippen molar-refractivity contribution in [3.05, 3.63) is 65.2 Å². The van der Waals surface area contributed by atoms with Gasteiger partial charge in [0, 0.05) is 18.2 Å². The minimum atomic E-state index is 0.261. The summed E-state index contributed by atoms with van der Waals surface area (Å²) in [6.45, 7) is 5.21. The van der Waals surface area contributed by atoms with E-state index >= 15 is 0 Å². The van der Waals surface area contributed by atoms with Crippen molar-refractivity contribution < 1.29 is 4.74 Å². The molecule has 0 amide bonds. The van der Waals surface area contributed by atoms with Crippen molar-refractivity contribution >= 4 is 0 Å². The Bertz CT molecular complexity index is 533. The molecule has 0 unspecified atom stereocenters. The van der Waals surface area contributed by atoms with Crippen LogP contribution in [-0.2, 0) is 13.0 Å². The van der Waals surface area contributed by atoms with Gasteiger partial charge in [0.1, 0.15) is 5.75 Å². The van der Waals surface area contributed by atoms with E-state index in [1.54, 1.807) is 7.11 Å². The quantitative estimate of drug-likeness (QED) is 0.852. The summed E-state index contributed by atoms with van der Waals surface area (Å²) in [5, 5.41) is 3.55. The van der Waals surface area contributed by atoms with Gasteiger partial charge in [0.05, 0.1) is 7.11 Å². The van der Waals surface area contributed by atoms with E-state index in [0.717, 1.165) is 18.7 Å². The van der Waals surface area contributed by atoms with Crippen molar-refractivity contribution in [1.82, 2.24) is 5.32 Å². The average Bonchev–Trinajstić information content (AvgIpc) is 2.53. The summed E-state index contributed by atoms with van der Waals surface area (Å²) in [6.07, 6.45) is 1.09. The monoisotopic (exact) mass is 269 g/mol. The Hall–Kier alpha value is -1.80. The molecule has 1 atom stereocenters. The number of hydrogen-bond donors (Lipinski definition) is 1. The molecule has 0 bridgehead atoms. The van der Waals surface area contributed by atoms with Crippen LogP contribution in [0, 0.1) is 0 Å². The zero-order valence-electron chi connectivity index (χ0n) is 12.5. The second-order valence-electron chi connectivity index (χ2n) is 5.01. The molecule has 2 heteroatoms. The molecule has 0 aromatic heterocycles. The number of nitrogens with one attached hydrogen (secondary N) is 1. The number of hydrogen-bond acceptors (Lipinski definition) is 2. The van der Waals surface area contributed by atoms with Gasteiger partial charge < -0.3 is 10.1 Å². The third-order valence-electron chi connectivity index (χ3n) is 3.65. The molecule has 0 saturated heterocycles. The molecular formula is C18H23NO. The highest BCUT2D eigenvalue weighted by Crippen LogP contribution is 2.24. The normalized spacial score (nSPS) is 12.2. The molecule has 2 rings (SSSR count). The van der Waals surface area contributed by atoms with E-state index in [0.29, 0.717) is 0 Å². The Morgan fingerprint density at radius 1 is 1.00 bits per heavy atom. The van der Waals surface area contributed by atoms with Crippen LogP contribution in [0.2, 0.25) is 0 Å². The SMILES string of the molecule is CCc1ccc(CN[C@H](C)c2ccccc2OC)cc1. The van der Waals surface area contributed by atoms with Crippen LogP contribution in [-0.4, -0.2) is 7.11 Å². The molecule has 0 fully saturated rings. The molecule has 20 heavy (non-hydrogen) atoms. The van der Waals surface area contributed by atoms with Crippen LogP contribution in [0.4, 0.5) is 0 Å². The molecular weight excluding hydrogens is 246 g/mol. The number of rotatable bonds is 6. The summed E-state index contributed by atoms with van der Waals surface area (Å²) in [7, 11) is 1.72. The molecule has 0 aliphatic rings. The van der Waals surface area contributed by atoms with E-state index in [1.807, 2.05) is 18.2 Å². The third kappa shape index (κ3) is 3.61. The zero-order chi connectivity index (χ0) is 14.4. The van der Waals surface area contributed by atoms with Crippen molar-refractivity contribution in [3.8, 4) is 5.75 Å². The van der Waals surface area contributed by atoms with Crippen LogP contribution >= 0.6 is 0 Å². The summed E-state index contributed by atoms with van der Waals surface area (Å²) >= 11 is 0. The first-order valence-corrected chi connectivity index (χ1v) is 7.18. The molecule has 106 valence electrons. The first kappa shape index (κ1) is 14.6. The van der Waals surface area contributed by atoms with Gasteiger partial charge in [-0.1, -0.05) is 49.4 Å². The van der Waals surface area contributed by atoms with E-state index in [9.17, 15) is 0 Å². The van der Waals surface area contributed by atoms with Gasteiger partial charge in [0.15, 0.2) is 0 Å². The van der Waals surface area contributed by atoms with Crippen LogP contribution < -0.4 is 10.1 Å². The number of benzene rings is 2. The van der Waals surface area contributed by atoms with Gasteiger partial charge in [0.25, 0.3) is 0 Å². The topological polar surface area (TPSA) is 21.3 Å². The first-order valence-electron chi connectivity index (χ1n) is 7.18. The summed E-state index contributed by atoms with van der Waals surface area (Å²) in [5.74, 6) is 0.939. The van der Waals surface area contributed by atoms with Gasteiger partial charge in [-0.25, -0.2) is 0 Å². The lowest BCUT2D eigenvalue weighted by Gasteiger charge is -2.17. The van der Waals surface area contributed by atoms with Crippen molar-refractivity contribution in [2.75, 3.05) is 7.11 Å². The lowest BCUT2D eigenvalue weighted by Crippen LogP contribution is -2.18. The average molecular weight is 269 g/mol. The van der Waals surface area contributed by atoms with E-state index in [2.05, 4.69) is 49.5 Å². The summed E-state index contributed by atoms with van der Waals surface area (Å²) in [6, 6.07) is 17.2. The van der Waals surface area contributed by atoms with Gasteiger partial charge in [-0.05, 0) is 30.5 Å². The molecule has 2 aromatic carbocycles. The predicted octanol–water partition coefficient (Wildman–Crippen LogP) is 4.11. The van der Waals surface area contributed by atoms with Gasteiger partial charge >= 0.3 is 0 Å². The molecule has 0 saturated carbocycles. The van der Waals surface area contributed by atoms with Crippen LogP contribution in [0.25, 0.3) is 0 Å². The Labute approximate surface area is 121 Å². The molecule has 1 N–H and O–H groups in total. The fourth-order valence-electron chi connectivity index (χ4n) is 2.30. The van der Waals surface area contributed by atoms with Crippen molar-refractivity contribution in [2.24, 2.45) is 0 Å². The van der Waals surface area contributed by atoms with Crippen LogP contribution in [0.1, 0.15) is 36.6 Å². The van der Waals surface area contributed by atoms with Gasteiger partial charge in [-0.15, -0.1) is 0 Å². The van der Waals surface area contributed by atoms with Crippen LogP contribution in [0.5, 0.6) is 5.75 Å². The Kier molecular flexibility index (Phi) is 5.19. The van der Waals surface area contributed by atoms with E-state index < -0.39 is 0 Å². The smallest absolute Gasteiger partial charge is 0.123 e. The minimum absolute atomic E-state index is 0.261. The molecule has 0 aliphatic heterocycles. The minimum Gasteiger partial charge on any atom is -0.496 e. The third-order valence-corrected chi connectivity index (χ3v) is 3.65. The van der Waals surface area contributed by atoms with Gasteiger partial charge in [-0.2, -0.15) is 0 Å². The second kappa shape index (κ2) is 7.11. The maximum atomic E-state index is 5.41. The largest absolute Gasteiger partial charge is 0.496 e. The maximum Gasteiger partial charge on any atom is 0.123 e. The van der Waals surface area contributed by atoms with E-state index in [4.69, 9.17) is 4.74 Å². The van der Waals surface area contributed by atoms with Crippen LogP contribution in [0.3, 0.4) is 0 Å². The molecule has 0 spiro atoms. The second-order valence-corrected chi connectivity index (χ2v) is 5.01. The van der Waals surface area contributed by atoms with Crippen molar-refractivity contribution in [3.63, 3.8) is 0 Å². The Morgan fingerprint density at radius 2 is 1.65 bits per heavy atom. The molecule has 0 heterocycles. The fraction of sp³-hybridized carbons (Fsp3) is 0.333. The summed E-state index contributed by atoms with van der Waals surface area (Å²) < 4.78 is 5.41. The van der Waals surface area contributed by atoms with Crippen LogP contribution in [0.15, 0.2) is 48.5 Å². The van der Waals surface area contributed by atoms with Crippen molar-refractivity contribution in [1.29, 1.82) is 0 Å². The lowest BCUT2D eigenvalue weighted by molar-refractivity contribution is 0.401. The molecule has 0 radical (unpaired) electrons.